The number of carbonyl (C=O) groups is 1. The Balaban J connectivity index is 3.78. The SMILES string of the molecule is C=CCC(=C(C(=O)OC)C(=CC)C(C=C)=CC=CC)c1ccc(O)cc1. The minimum Gasteiger partial charge on any atom is -0.508 e. The van der Waals surface area contributed by atoms with Gasteiger partial charge in [0.25, 0.3) is 0 Å². The molecule has 3 nitrogen and oxygen atoms in total. The van der Waals surface area contributed by atoms with E-state index in [4.69, 9.17) is 4.74 Å². The molecule has 0 aromatic heterocycles. The normalized spacial score (nSPS) is 13.3. The first-order valence-corrected chi connectivity index (χ1v) is 8.38. The first kappa shape index (κ1) is 21.0. The van der Waals surface area contributed by atoms with Crippen molar-refractivity contribution < 1.29 is 14.6 Å². The van der Waals surface area contributed by atoms with Crippen molar-refractivity contribution in [2.45, 2.75) is 20.3 Å². The van der Waals surface area contributed by atoms with Gasteiger partial charge in [-0.2, -0.15) is 0 Å². The number of rotatable bonds is 8. The van der Waals surface area contributed by atoms with Crippen LogP contribution >= 0.6 is 0 Å². The number of phenols is 1. The predicted octanol–water partition coefficient (Wildman–Crippen LogP) is 5.53. The van der Waals surface area contributed by atoms with Crippen LogP contribution in [0.3, 0.4) is 0 Å². The lowest BCUT2D eigenvalue weighted by atomic mass is 9.88. The molecule has 0 aliphatic heterocycles. The molecule has 1 aromatic rings. The van der Waals surface area contributed by atoms with Gasteiger partial charge in [-0.15, -0.1) is 6.58 Å². The maximum atomic E-state index is 12.7. The predicted molar refractivity (Wildman–Crippen MR) is 109 cm³/mol. The highest BCUT2D eigenvalue weighted by Gasteiger charge is 2.22. The second kappa shape index (κ2) is 10.7. The second-order valence-electron chi connectivity index (χ2n) is 5.44. The van der Waals surface area contributed by atoms with Crippen LogP contribution in [0.1, 0.15) is 25.8 Å². The number of allylic oxidation sites excluding steroid dienone is 8. The van der Waals surface area contributed by atoms with Crippen LogP contribution in [0.5, 0.6) is 5.75 Å². The van der Waals surface area contributed by atoms with E-state index in [1.54, 1.807) is 36.4 Å². The molecule has 0 bridgehead atoms. The molecule has 3 heteroatoms. The fourth-order valence-corrected chi connectivity index (χ4v) is 2.59. The molecule has 0 unspecified atom stereocenters. The molecule has 1 aromatic carbocycles. The van der Waals surface area contributed by atoms with Gasteiger partial charge >= 0.3 is 5.97 Å². The van der Waals surface area contributed by atoms with Gasteiger partial charge in [0.1, 0.15) is 5.75 Å². The maximum absolute atomic E-state index is 12.7. The Bertz CT molecular complexity index is 772. The number of hydrogen-bond donors (Lipinski definition) is 1. The Labute approximate surface area is 156 Å². The van der Waals surface area contributed by atoms with Crippen molar-refractivity contribution in [1.29, 1.82) is 0 Å². The van der Waals surface area contributed by atoms with Crippen molar-refractivity contribution in [1.82, 2.24) is 0 Å². The summed E-state index contributed by atoms with van der Waals surface area (Å²) in [5.74, 6) is -0.270. The van der Waals surface area contributed by atoms with E-state index in [0.717, 1.165) is 22.3 Å². The molecule has 0 aliphatic carbocycles. The van der Waals surface area contributed by atoms with Gasteiger partial charge in [0, 0.05) is 0 Å². The molecule has 0 heterocycles. The number of aromatic hydroxyl groups is 1. The Morgan fingerprint density at radius 2 is 1.85 bits per heavy atom. The van der Waals surface area contributed by atoms with E-state index >= 15 is 0 Å². The molecule has 0 saturated heterocycles. The van der Waals surface area contributed by atoms with Crippen molar-refractivity contribution in [2.75, 3.05) is 7.11 Å². The van der Waals surface area contributed by atoms with E-state index in [0.29, 0.717) is 12.0 Å². The highest BCUT2D eigenvalue weighted by Crippen LogP contribution is 2.32. The van der Waals surface area contributed by atoms with Crippen LogP contribution < -0.4 is 0 Å². The van der Waals surface area contributed by atoms with Gasteiger partial charge in [-0.05, 0) is 54.7 Å². The molecule has 0 spiro atoms. The fraction of sp³-hybridized carbons (Fsp3) is 0.174. The maximum Gasteiger partial charge on any atom is 0.338 e. The largest absolute Gasteiger partial charge is 0.508 e. The first-order valence-electron chi connectivity index (χ1n) is 8.38. The molecule has 0 fully saturated rings. The zero-order valence-corrected chi connectivity index (χ0v) is 15.7. The van der Waals surface area contributed by atoms with Gasteiger partial charge in [0.2, 0.25) is 0 Å². The number of carbonyl (C=O) groups excluding carboxylic acids is 1. The Morgan fingerprint density at radius 1 is 1.19 bits per heavy atom. The Morgan fingerprint density at radius 3 is 2.31 bits per heavy atom. The summed E-state index contributed by atoms with van der Waals surface area (Å²) in [4.78, 5) is 12.7. The number of ether oxygens (including phenoxy) is 1. The molecule has 1 rings (SSSR count). The van der Waals surface area contributed by atoms with Crippen molar-refractivity contribution in [2.24, 2.45) is 0 Å². The third-order valence-electron chi connectivity index (χ3n) is 3.81. The molecular formula is C23H26O3. The van der Waals surface area contributed by atoms with Crippen LogP contribution in [0, 0.1) is 0 Å². The lowest BCUT2D eigenvalue weighted by Gasteiger charge is -2.17. The van der Waals surface area contributed by atoms with Gasteiger partial charge in [-0.1, -0.05) is 55.2 Å². The Kier molecular flexibility index (Phi) is 8.65. The van der Waals surface area contributed by atoms with Crippen LogP contribution in [0.2, 0.25) is 0 Å². The zero-order valence-electron chi connectivity index (χ0n) is 15.7. The van der Waals surface area contributed by atoms with Crippen molar-refractivity contribution in [3.8, 4) is 5.75 Å². The molecule has 0 amide bonds. The summed E-state index contributed by atoms with van der Waals surface area (Å²) in [6.07, 6.45) is 11.5. The van der Waals surface area contributed by atoms with Crippen molar-refractivity contribution in [3.63, 3.8) is 0 Å². The summed E-state index contributed by atoms with van der Waals surface area (Å²) in [6.45, 7) is 11.5. The average molecular weight is 350 g/mol. The number of hydrogen-bond acceptors (Lipinski definition) is 3. The summed E-state index contributed by atoms with van der Waals surface area (Å²) in [5, 5.41) is 9.57. The van der Waals surface area contributed by atoms with E-state index in [2.05, 4.69) is 13.2 Å². The standard InChI is InChI=1S/C23H26O3/c1-6-10-12-17(8-3)20(9-4)22(23(25)26-5)21(11-7-2)18-13-15-19(24)16-14-18/h6-10,12-16,24H,2-3,11H2,1,4-5H3. The lowest BCUT2D eigenvalue weighted by Crippen LogP contribution is -2.11. The number of phenolic OH excluding ortho intramolecular Hbond substituents is 1. The highest BCUT2D eigenvalue weighted by atomic mass is 16.5. The quantitative estimate of drug-likeness (QED) is 0.290. The third-order valence-corrected chi connectivity index (χ3v) is 3.81. The van der Waals surface area contributed by atoms with Crippen molar-refractivity contribution in [3.05, 3.63) is 96.2 Å². The van der Waals surface area contributed by atoms with Crippen LogP contribution in [0.4, 0.5) is 0 Å². The molecule has 0 aliphatic rings. The summed E-state index contributed by atoms with van der Waals surface area (Å²) in [5.41, 5.74) is 3.59. The summed E-state index contributed by atoms with van der Waals surface area (Å²) >= 11 is 0. The van der Waals surface area contributed by atoms with Gasteiger partial charge < -0.3 is 9.84 Å². The topological polar surface area (TPSA) is 46.5 Å². The van der Waals surface area contributed by atoms with Crippen LogP contribution in [-0.2, 0) is 9.53 Å². The average Bonchev–Trinajstić information content (AvgIpc) is 2.66. The van der Waals surface area contributed by atoms with E-state index in [1.165, 1.54) is 7.11 Å². The number of methoxy groups -OCH3 is 1. The number of esters is 1. The van der Waals surface area contributed by atoms with E-state index in [-0.39, 0.29) is 5.75 Å². The van der Waals surface area contributed by atoms with Crippen LogP contribution in [0.15, 0.2) is 90.6 Å². The van der Waals surface area contributed by atoms with E-state index in [1.807, 2.05) is 38.2 Å². The third kappa shape index (κ3) is 5.21. The summed E-state index contributed by atoms with van der Waals surface area (Å²) < 4.78 is 5.07. The lowest BCUT2D eigenvalue weighted by molar-refractivity contribution is -0.135. The first-order chi connectivity index (χ1) is 12.5. The van der Waals surface area contributed by atoms with Crippen LogP contribution in [0.25, 0.3) is 5.57 Å². The van der Waals surface area contributed by atoms with Gasteiger partial charge in [-0.3, -0.25) is 0 Å². The van der Waals surface area contributed by atoms with Gasteiger partial charge in [0.15, 0.2) is 0 Å². The minimum absolute atomic E-state index is 0.164. The van der Waals surface area contributed by atoms with E-state index < -0.39 is 5.97 Å². The van der Waals surface area contributed by atoms with Crippen LogP contribution in [-0.4, -0.2) is 18.2 Å². The highest BCUT2D eigenvalue weighted by molar-refractivity contribution is 6.04. The Hall–Kier alpha value is -3.07. The summed E-state index contributed by atoms with van der Waals surface area (Å²) in [6, 6.07) is 6.72. The smallest absolute Gasteiger partial charge is 0.338 e. The molecular weight excluding hydrogens is 324 g/mol. The van der Waals surface area contributed by atoms with Gasteiger partial charge in [0.05, 0.1) is 12.7 Å². The van der Waals surface area contributed by atoms with E-state index in [9.17, 15) is 9.90 Å². The fourth-order valence-electron chi connectivity index (χ4n) is 2.59. The molecule has 26 heavy (non-hydrogen) atoms. The molecule has 0 atom stereocenters. The molecule has 1 N–H and O–H groups in total. The molecule has 136 valence electrons. The second-order valence-corrected chi connectivity index (χ2v) is 5.44. The zero-order chi connectivity index (χ0) is 19.5. The van der Waals surface area contributed by atoms with Crippen molar-refractivity contribution >= 4 is 11.5 Å². The number of benzene rings is 1. The monoisotopic (exact) mass is 350 g/mol. The molecule has 0 radical (unpaired) electrons. The summed E-state index contributed by atoms with van der Waals surface area (Å²) in [7, 11) is 1.36. The van der Waals surface area contributed by atoms with Gasteiger partial charge in [-0.25, -0.2) is 4.79 Å². The molecule has 0 saturated carbocycles. The minimum atomic E-state index is -0.434.